The Morgan fingerprint density at radius 1 is 1.39 bits per heavy atom. The van der Waals surface area contributed by atoms with Crippen LogP contribution in [-0.2, 0) is 4.74 Å². The van der Waals surface area contributed by atoms with E-state index in [0.29, 0.717) is 18.1 Å². The molecule has 0 aliphatic carbocycles. The van der Waals surface area contributed by atoms with Crippen molar-refractivity contribution in [3.05, 3.63) is 47.7 Å². The van der Waals surface area contributed by atoms with E-state index in [-0.39, 0.29) is 17.6 Å². The Hall–Kier alpha value is -2.54. The Bertz CT molecular complexity index is 677. The van der Waals surface area contributed by atoms with Crippen molar-refractivity contribution in [2.45, 2.75) is 20.0 Å². The molecule has 6 nitrogen and oxygen atoms in total. The van der Waals surface area contributed by atoms with E-state index in [1.165, 1.54) is 18.2 Å². The molecule has 0 fully saturated rings. The normalized spacial score (nSPS) is 11.8. The molecule has 1 amide bonds. The van der Waals surface area contributed by atoms with E-state index < -0.39 is 11.7 Å². The van der Waals surface area contributed by atoms with E-state index in [1.54, 1.807) is 20.1 Å². The van der Waals surface area contributed by atoms with Crippen LogP contribution in [0.5, 0.6) is 5.75 Å². The van der Waals surface area contributed by atoms with E-state index in [0.717, 1.165) is 6.20 Å². The quantitative estimate of drug-likeness (QED) is 0.886. The summed E-state index contributed by atoms with van der Waals surface area (Å²) in [5, 5.41) is 2.56. The summed E-state index contributed by atoms with van der Waals surface area (Å²) < 4.78 is 23.5. The number of pyridine rings is 2. The molecular formula is C16H18FN3O3. The van der Waals surface area contributed by atoms with E-state index in [1.807, 2.05) is 6.92 Å². The van der Waals surface area contributed by atoms with Gasteiger partial charge in [-0.15, -0.1) is 0 Å². The van der Waals surface area contributed by atoms with Crippen LogP contribution in [0.3, 0.4) is 0 Å². The van der Waals surface area contributed by atoms with Gasteiger partial charge in [-0.25, -0.2) is 14.4 Å². The first-order chi connectivity index (χ1) is 11.0. The Labute approximate surface area is 133 Å². The third kappa shape index (κ3) is 5.00. The Balaban J connectivity index is 2.10. The van der Waals surface area contributed by atoms with Gasteiger partial charge in [0.25, 0.3) is 5.91 Å². The van der Waals surface area contributed by atoms with Gasteiger partial charge in [0.05, 0.1) is 12.3 Å². The van der Waals surface area contributed by atoms with Gasteiger partial charge in [-0.3, -0.25) is 4.79 Å². The lowest BCUT2D eigenvalue weighted by atomic mass is 10.2. The van der Waals surface area contributed by atoms with Crippen LogP contribution in [-0.4, -0.2) is 35.7 Å². The number of hydrogen-bond donors (Lipinski definition) is 1. The van der Waals surface area contributed by atoms with Gasteiger partial charge in [-0.05, 0) is 26.0 Å². The fourth-order valence-electron chi connectivity index (χ4n) is 1.75. The highest BCUT2D eigenvalue weighted by Gasteiger charge is 2.12. The minimum Gasteiger partial charge on any atom is -0.491 e. The number of aromatic nitrogens is 2. The Morgan fingerprint density at radius 3 is 2.83 bits per heavy atom. The molecule has 7 heteroatoms. The number of nitrogens with one attached hydrogen (secondary N) is 1. The fraction of sp³-hybridized carbons (Fsp3) is 0.312. The summed E-state index contributed by atoms with van der Waals surface area (Å²) in [5.41, 5.74) is 0.834. The van der Waals surface area contributed by atoms with Crippen LogP contribution < -0.4 is 10.1 Å². The van der Waals surface area contributed by atoms with Gasteiger partial charge >= 0.3 is 0 Å². The largest absolute Gasteiger partial charge is 0.491 e. The molecule has 23 heavy (non-hydrogen) atoms. The number of aryl methyl sites for hydroxylation is 1. The van der Waals surface area contributed by atoms with E-state index in [4.69, 9.17) is 9.47 Å². The average molecular weight is 319 g/mol. The van der Waals surface area contributed by atoms with Crippen LogP contribution in [0.15, 0.2) is 30.5 Å². The van der Waals surface area contributed by atoms with E-state index >= 15 is 0 Å². The maximum Gasteiger partial charge on any atom is 0.275 e. The number of carbonyl (C=O) groups is 1. The van der Waals surface area contributed by atoms with Crippen LogP contribution in [0.4, 0.5) is 10.2 Å². The SMILES string of the molecule is CO[C@H](C)COc1cc(C)nc(C(=O)Nc2ccc(F)cn2)c1. The van der Waals surface area contributed by atoms with Crippen molar-refractivity contribution in [2.75, 3.05) is 19.0 Å². The number of hydrogen-bond acceptors (Lipinski definition) is 5. The monoisotopic (exact) mass is 319 g/mol. The minimum absolute atomic E-state index is 0.0656. The van der Waals surface area contributed by atoms with Gasteiger partial charge in [0.15, 0.2) is 0 Å². The molecule has 2 rings (SSSR count). The van der Waals surface area contributed by atoms with Gasteiger partial charge < -0.3 is 14.8 Å². The molecule has 1 atom stereocenters. The number of nitrogens with zero attached hydrogens (tertiary/aromatic N) is 2. The zero-order valence-corrected chi connectivity index (χ0v) is 13.2. The predicted molar refractivity (Wildman–Crippen MR) is 83.1 cm³/mol. The van der Waals surface area contributed by atoms with Crippen LogP contribution in [0, 0.1) is 12.7 Å². The van der Waals surface area contributed by atoms with Crippen molar-refractivity contribution in [3.63, 3.8) is 0 Å². The number of carbonyl (C=O) groups excluding carboxylic acids is 1. The fourth-order valence-corrected chi connectivity index (χ4v) is 1.75. The summed E-state index contributed by atoms with van der Waals surface area (Å²) in [6.45, 7) is 4.00. The van der Waals surface area contributed by atoms with Crippen molar-refractivity contribution in [1.82, 2.24) is 9.97 Å². The summed E-state index contributed by atoms with van der Waals surface area (Å²) in [6, 6.07) is 5.86. The van der Waals surface area contributed by atoms with Gasteiger partial charge in [0.1, 0.15) is 29.7 Å². The summed E-state index contributed by atoms with van der Waals surface area (Å²) >= 11 is 0. The maximum atomic E-state index is 12.8. The number of ether oxygens (including phenoxy) is 2. The van der Waals surface area contributed by atoms with Crippen molar-refractivity contribution < 1.29 is 18.7 Å². The number of rotatable bonds is 6. The second-order valence-electron chi connectivity index (χ2n) is 5.00. The van der Waals surface area contributed by atoms with Crippen LogP contribution in [0.2, 0.25) is 0 Å². The Kier molecular flexibility index (Phi) is 5.59. The second kappa shape index (κ2) is 7.64. The number of anilines is 1. The first-order valence-corrected chi connectivity index (χ1v) is 7.05. The molecule has 0 saturated heterocycles. The highest BCUT2D eigenvalue weighted by Crippen LogP contribution is 2.16. The number of methoxy groups -OCH3 is 1. The average Bonchev–Trinajstić information content (AvgIpc) is 2.54. The Morgan fingerprint density at radius 2 is 2.17 bits per heavy atom. The van der Waals surface area contributed by atoms with Crippen LogP contribution in [0.1, 0.15) is 23.1 Å². The lowest BCUT2D eigenvalue weighted by molar-refractivity contribution is 0.0715. The molecule has 0 unspecified atom stereocenters. The topological polar surface area (TPSA) is 73.3 Å². The van der Waals surface area contributed by atoms with Crippen molar-refractivity contribution in [2.24, 2.45) is 0 Å². The highest BCUT2D eigenvalue weighted by molar-refractivity contribution is 6.02. The predicted octanol–water partition coefficient (Wildman–Crippen LogP) is 2.59. The summed E-state index contributed by atoms with van der Waals surface area (Å²) in [6.07, 6.45) is 0.962. The third-order valence-electron chi connectivity index (χ3n) is 3.02. The summed E-state index contributed by atoms with van der Waals surface area (Å²) in [7, 11) is 1.60. The molecular weight excluding hydrogens is 301 g/mol. The number of amides is 1. The lowest BCUT2D eigenvalue weighted by Crippen LogP contribution is -2.18. The standard InChI is InChI=1S/C16H18FN3O3/c1-10-6-13(23-9-11(2)22-3)7-14(19-10)16(21)20-15-5-4-12(17)8-18-15/h4-8,11H,9H2,1-3H3,(H,18,20,21)/t11-/m1/s1. The van der Waals surface area contributed by atoms with Crippen LogP contribution in [0.25, 0.3) is 0 Å². The zero-order chi connectivity index (χ0) is 16.8. The molecule has 0 spiro atoms. The second-order valence-corrected chi connectivity index (χ2v) is 5.00. The first-order valence-electron chi connectivity index (χ1n) is 7.05. The highest BCUT2D eigenvalue weighted by atomic mass is 19.1. The van der Waals surface area contributed by atoms with Crippen LogP contribution >= 0.6 is 0 Å². The molecule has 0 aliphatic rings. The zero-order valence-electron chi connectivity index (χ0n) is 13.2. The number of halogens is 1. The van der Waals surface area contributed by atoms with Gasteiger partial charge in [0.2, 0.25) is 0 Å². The molecule has 2 aromatic rings. The van der Waals surface area contributed by atoms with Crippen molar-refractivity contribution in [1.29, 1.82) is 0 Å². The van der Waals surface area contributed by atoms with Gasteiger partial charge in [-0.2, -0.15) is 0 Å². The summed E-state index contributed by atoms with van der Waals surface area (Å²) in [5.74, 6) is -0.147. The molecule has 0 aromatic carbocycles. The smallest absolute Gasteiger partial charge is 0.275 e. The van der Waals surface area contributed by atoms with Crippen molar-refractivity contribution in [3.8, 4) is 5.75 Å². The van der Waals surface area contributed by atoms with E-state index in [9.17, 15) is 9.18 Å². The van der Waals surface area contributed by atoms with Crippen molar-refractivity contribution >= 4 is 11.7 Å². The molecule has 0 aliphatic heterocycles. The molecule has 0 bridgehead atoms. The van der Waals surface area contributed by atoms with E-state index in [2.05, 4.69) is 15.3 Å². The lowest BCUT2D eigenvalue weighted by Gasteiger charge is -2.12. The minimum atomic E-state index is -0.473. The molecule has 2 aromatic heterocycles. The molecule has 122 valence electrons. The molecule has 0 saturated carbocycles. The molecule has 2 heterocycles. The molecule has 0 radical (unpaired) electrons. The maximum absolute atomic E-state index is 12.8. The first kappa shape index (κ1) is 16.8. The molecule has 1 N–H and O–H groups in total. The van der Waals surface area contributed by atoms with Gasteiger partial charge in [0, 0.05) is 24.9 Å². The van der Waals surface area contributed by atoms with Gasteiger partial charge in [-0.1, -0.05) is 0 Å². The third-order valence-corrected chi connectivity index (χ3v) is 3.02. The summed E-state index contributed by atoms with van der Waals surface area (Å²) in [4.78, 5) is 20.2.